The van der Waals surface area contributed by atoms with Gasteiger partial charge in [-0.1, -0.05) is 6.07 Å². The van der Waals surface area contributed by atoms with E-state index in [1.165, 1.54) is 30.7 Å². The molecule has 5 nitrogen and oxygen atoms in total. The summed E-state index contributed by atoms with van der Waals surface area (Å²) in [6.07, 6.45) is 1.53. The average Bonchev–Trinajstić information content (AvgIpc) is 2.94. The largest absolute Gasteiger partial charge is 0.465 e. The molecule has 0 aliphatic carbocycles. The molecular formula is C17H13FN2O3S. The number of ether oxygens (including phenoxy) is 1. The van der Waals surface area contributed by atoms with Crippen LogP contribution in [-0.4, -0.2) is 24.0 Å². The molecule has 1 N–H and O–H groups in total. The minimum atomic E-state index is -0.537. The third kappa shape index (κ3) is 2.85. The monoisotopic (exact) mass is 344 g/mol. The molecule has 0 radical (unpaired) electrons. The maximum atomic E-state index is 13.8. The standard InChI is InChI=1S/C17H13FN2O3S/c1-9-8-24-15(17(22)23-2)13(9)20-16(21)12-7-11(18)6-10-4-3-5-19-14(10)12/h3-8H,1-2H3,(H,20,21). The van der Waals surface area contributed by atoms with Gasteiger partial charge in [-0.3, -0.25) is 9.78 Å². The lowest BCUT2D eigenvalue weighted by Gasteiger charge is -2.09. The zero-order valence-corrected chi connectivity index (χ0v) is 13.7. The zero-order chi connectivity index (χ0) is 17.3. The van der Waals surface area contributed by atoms with E-state index in [2.05, 4.69) is 10.3 Å². The molecule has 24 heavy (non-hydrogen) atoms. The van der Waals surface area contributed by atoms with Crippen LogP contribution in [0.25, 0.3) is 10.9 Å². The number of nitrogens with zero attached hydrogens (tertiary/aromatic N) is 1. The summed E-state index contributed by atoms with van der Waals surface area (Å²) < 4.78 is 18.5. The van der Waals surface area contributed by atoms with Gasteiger partial charge in [0.05, 0.1) is 23.9 Å². The average molecular weight is 344 g/mol. The second-order valence-corrected chi connectivity index (χ2v) is 5.98. The number of aryl methyl sites for hydroxylation is 1. The Labute approximate surface area is 141 Å². The summed E-state index contributed by atoms with van der Waals surface area (Å²) in [5.41, 5.74) is 1.59. The molecule has 0 spiro atoms. The van der Waals surface area contributed by atoms with Crippen molar-refractivity contribution in [3.05, 3.63) is 57.7 Å². The third-order valence-corrected chi connectivity index (χ3v) is 4.58. The summed E-state index contributed by atoms with van der Waals surface area (Å²) in [6, 6.07) is 5.79. The van der Waals surface area contributed by atoms with Gasteiger partial charge < -0.3 is 10.1 Å². The number of rotatable bonds is 3. The maximum Gasteiger partial charge on any atom is 0.350 e. The molecule has 0 saturated carbocycles. The van der Waals surface area contributed by atoms with Gasteiger partial charge in [-0.25, -0.2) is 9.18 Å². The molecule has 0 atom stereocenters. The summed E-state index contributed by atoms with van der Waals surface area (Å²) in [5.74, 6) is -1.61. The van der Waals surface area contributed by atoms with Crippen molar-refractivity contribution in [1.29, 1.82) is 0 Å². The molecule has 2 heterocycles. The van der Waals surface area contributed by atoms with Crippen LogP contribution in [-0.2, 0) is 4.74 Å². The number of thiophene rings is 1. The van der Waals surface area contributed by atoms with Gasteiger partial charge in [0.2, 0.25) is 0 Å². The maximum absolute atomic E-state index is 13.8. The van der Waals surface area contributed by atoms with Gasteiger partial charge in [0.25, 0.3) is 5.91 Å². The molecule has 0 fully saturated rings. The van der Waals surface area contributed by atoms with Gasteiger partial charge in [-0.2, -0.15) is 0 Å². The van der Waals surface area contributed by atoms with Gasteiger partial charge in [-0.15, -0.1) is 11.3 Å². The molecular weight excluding hydrogens is 331 g/mol. The Morgan fingerprint density at radius 1 is 1.33 bits per heavy atom. The number of hydrogen-bond acceptors (Lipinski definition) is 5. The summed E-state index contributed by atoms with van der Waals surface area (Å²) >= 11 is 1.17. The smallest absolute Gasteiger partial charge is 0.350 e. The number of carbonyl (C=O) groups is 2. The predicted octanol–water partition coefficient (Wildman–Crippen LogP) is 3.78. The molecule has 0 unspecified atom stereocenters. The highest BCUT2D eigenvalue weighted by Crippen LogP contribution is 2.29. The van der Waals surface area contributed by atoms with Gasteiger partial charge in [0.1, 0.15) is 10.7 Å². The van der Waals surface area contributed by atoms with Crippen molar-refractivity contribution in [3.8, 4) is 0 Å². The highest BCUT2D eigenvalue weighted by Gasteiger charge is 2.21. The number of amides is 1. The minimum absolute atomic E-state index is 0.104. The third-order valence-electron chi connectivity index (χ3n) is 3.50. The first kappa shape index (κ1) is 16.1. The van der Waals surface area contributed by atoms with Crippen molar-refractivity contribution < 1.29 is 18.7 Å². The minimum Gasteiger partial charge on any atom is -0.465 e. The Morgan fingerprint density at radius 2 is 2.12 bits per heavy atom. The van der Waals surface area contributed by atoms with Gasteiger partial charge in [0.15, 0.2) is 0 Å². The lowest BCUT2D eigenvalue weighted by Crippen LogP contribution is -2.15. The van der Waals surface area contributed by atoms with Crippen LogP contribution in [0.3, 0.4) is 0 Å². The van der Waals surface area contributed by atoms with E-state index < -0.39 is 17.7 Å². The van der Waals surface area contributed by atoms with E-state index >= 15 is 0 Å². The van der Waals surface area contributed by atoms with Crippen LogP contribution in [0, 0.1) is 12.7 Å². The van der Waals surface area contributed by atoms with E-state index in [4.69, 9.17) is 4.74 Å². The molecule has 0 bridgehead atoms. The molecule has 1 aromatic carbocycles. The van der Waals surface area contributed by atoms with Crippen LogP contribution in [0.4, 0.5) is 10.1 Å². The van der Waals surface area contributed by atoms with E-state index in [0.29, 0.717) is 16.6 Å². The molecule has 0 saturated heterocycles. The van der Waals surface area contributed by atoms with Crippen molar-refractivity contribution in [2.24, 2.45) is 0 Å². The van der Waals surface area contributed by atoms with Crippen LogP contribution in [0.1, 0.15) is 25.6 Å². The van der Waals surface area contributed by atoms with E-state index in [1.54, 1.807) is 24.4 Å². The van der Waals surface area contributed by atoms with Crippen molar-refractivity contribution in [2.75, 3.05) is 12.4 Å². The molecule has 2 aromatic heterocycles. The van der Waals surface area contributed by atoms with E-state index in [-0.39, 0.29) is 10.4 Å². The number of methoxy groups -OCH3 is 1. The fourth-order valence-electron chi connectivity index (χ4n) is 2.35. The van der Waals surface area contributed by atoms with Crippen LogP contribution < -0.4 is 5.32 Å². The second-order valence-electron chi connectivity index (χ2n) is 5.10. The highest BCUT2D eigenvalue weighted by atomic mass is 32.1. The lowest BCUT2D eigenvalue weighted by atomic mass is 10.1. The number of carbonyl (C=O) groups excluding carboxylic acids is 2. The molecule has 3 rings (SSSR count). The Hall–Kier alpha value is -2.80. The summed E-state index contributed by atoms with van der Waals surface area (Å²) in [5, 5.41) is 4.94. The molecule has 122 valence electrons. The lowest BCUT2D eigenvalue weighted by molar-refractivity contribution is 0.0607. The number of esters is 1. The number of benzene rings is 1. The van der Waals surface area contributed by atoms with Crippen molar-refractivity contribution in [3.63, 3.8) is 0 Å². The van der Waals surface area contributed by atoms with Crippen LogP contribution in [0.5, 0.6) is 0 Å². The Morgan fingerprint density at radius 3 is 2.88 bits per heavy atom. The summed E-state index contributed by atoms with van der Waals surface area (Å²) in [7, 11) is 1.27. The number of anilines is 1. The Kier molecular flexibility index (Phi) is 4.26. The van der Waals surface area contributed by atoms with E-state index in [9.17, 15) is 14.0 Å². The zero-order valence-electron chi connectivity index (χ0n) is 12.9. The molecule has 7 heteroatoms. The summed E-state index contributed by atoms with van der Waals surface area (Å²) in [6.45, 7) is 1.76. The Bertz CT molecular complexity index is 952. The molecule has 0 aliphatic rings. The van der Waals surface area contributed by atoms with Crippen LogP contribution in [0.2, 0.25) is 0 Å². The SMILES string of the molecule is COC(=O)c1scc(C)c1NC(=O)c1cc(F)cc2cccnc12. The van der Waals surface area contributed by atoms with Gasteiger partial charge in [0, 0.05) is 11.6 Å². The molecule has 0 aliphatic heterocycles. The first-order chi connectivity index (χ1) is 11.5. The normalized spacial score (nSPS) is 10.6. The number of halogens is 1. The fraction of sp³-hybridized carbons (Fsp3) is 0.118. The predicted molar refractivity (Wildman–Crippen MR) is 90.0 cm³/mol. The van der Waals surface area contributed by atoms with Crippen molar-refractivity contribution in [1.82, 2.24) is 4.98 Å². The first-order valence-electron chi connectivity index (χ1n) is 7.03. The second kappa shape index (κ2) is 6.37. The number of hydrogen-bond donors (Lipinski definition) is 1. The Balaban J connectivity index is 2.03. The van der Waals surface area contributed by atoms with E-state index in [0.717, 1.165) is 11.6 Å². The summed E-state index contributed by atoms with van der Waals surface area (Å²) in [4.78, 5) is 28.9. The first-order valence-corrected chi connectivity index (χ1v) is 7.91. The number of aromatic nitrogens is 1. The van der Waals surface area contributed by atoms with E-state index in [1.807, 2.05) is 0 Å². The number of nitrogens with one attached hydrogen (secondary N) is 1. The van der Waals surface area contributed by atoms with Gasteiger partial charge >= 0.3 is 5.97 Å². The highest BCUT2D eigenvalue weighted by molar-refractivity contribution is 7.12. The topological polar surface area (TPSA) is 68.3 Å². The number of pyridine rings is 1. The molecule has 3 aromatic rings. The molecule has 1 amide bonds. The number of fused-ring (bicyclic) bond motifs is 1. The van der Waals surface area contributed by atoms with Crippen LogP contribution in [0.15, 0.2) is 35.8 Å². The fourth-order valence-corrected chi connectivity index (χ4v) is 3.27. The van der Waals surface area contributed by atoms with Gasteiger partial charge in [-0.05, 0) is 36.1 Å². The van der Waals surface area contributed by atoms with Crippen LogP contribution >= 0.6 is 11.3 Å². The quantitative estimate of drug-likeness (QED) is 0.734. The van der Waals surface area contributed by atoms with Crippen molar-refractivity contribution in [2.45, 2.75) is 6.92 Å². The van der Waals surface area contributed by atoms with Crippen molar-refractivity contribution >= 4 is 39.8 Å².